The third kappa shape index (κ3) is 4.89. The molecule has 2 N–H and O–H groups in total. The first kappa shape index (κ1) is 23.2. The van der Waals surface area contributed by atoms with Gasteiger partial charge < -0.3 is 20.1 Å². The van der Waals surface area contributed by atoms with Crippen LogP contribution in [0.15, 0.2) is 30.5 Å². The fourth-order valence-electron chi connectivity index (χ4n) is 3.85. The summed E-state index contributed by atoms with van der Waals surface area (Å²) in [5.41, 5.74) is 0.358. The van der Waals surface area contributed by atoms with Crippen LogP contribution in [-0.4, -0.2) is 62.6 Å². The lowest BCUT2D eigenvalue weighted by molar-refractivity contribution is -0.144. The number of hydrogen-bond donors (Lipinski definition) is 2. The molecule has 3 atom stereocenters. The standard InChI is InChI=1S/C22H28N6O4/c1-22(2,3)19(21(31)27-12-16(29)9-17(27)20(30)24-4)28-11-15(25-26-28)13-32-18-8-6-5-7-14(18)10-23/h5-8,11,16-17,19,29H,9,12-13H2,1-4H3,(H,24,30)/t16-,17+,19-/m1/s1. The van der Waals surface area contributed by atoms with Gasteiger partial charge in [-0.1, -0.05) is 38.1 Å². The monoisotopic (exact) mass is 440 g/mol. The molecule has 3 rings (SSSR count). The first-order valence-corrected chi connectivity index (χ1v) is 10.4. The van der Waals surface area contributed by atoms with E-state index in [1.54, 1.807) is 30.5 Å². The van der Waals surface area contributed by atoms with E-state index in [4.69, 9.17) is 4.74 Å². The van der Waals surface area contributed by atoms with Gasteiger partial charge in [-0.3, -0.25) is 9.59 Å². The van der Waals surface area contributed by atoms with Gasteiger partial charge in [0, 0.05) is 20.0 Å². The summed E-state index contributed by atoms with van der Waals surface area (Å²) in [6.07, 6.45) is 1.06. The predicted octanol–water partition coefficient (Wildman–Crippen LogP) is 1.02. The molecule has 10 heteroatoms. The van der Waals surface area contributed by atoms with Gasteiger partial charge in [0.05, 0.1) is 17.9 Å². The van der Waals surface area contributed by atoms with Crippen LogP contribution in [0.4, 0.5) is 0 Å². The average molecular weight is 441 g/mol. The average Bonchev–Trinajstić information content (AvgIpc) is 3.37. The number of carbonyl (C=O) groups is 2. The highest BCUT2D eigenvalue weighted by Gasteiger charge is 2.45. The minimum atomic E-state index is -0.762. The fraction of sp³-hybridized carbons (Fsp3) is 0.500. The Morgan fingerprint density at radius 3 is 2.75 bits per heavy atom. The van der Waals surface area contributed by atoms with Crippen molar-refractivity contribution in [2.75, 3.05) is 13.6 Å². The molecule has 1 aromatic carbocycles. The van der Waals surface area contributed by atoms with Crippen molar-refractivity contribution in [3.8, 4) is 11.8 Å². The van der Waals surface area contributed by atoms with Crippen LogP contribution >= 0.6 is 0 Å². The first-order valence-electron chi connectivity index (χ1n) is 10.4. The number of rotatable bonds is 6. The number of nitrogens with zero attached hydrogens (tertiary/aromatic N) is 5. The molecule has 2 heterocycles. The maximum Gasteiger partial charge on any atom is 0.248 e. The zero-order valence-corrected chi connectivity index (χ0v) is 18.6. The molecular formula is C22H28N6O4. The number of para-hydroxylation sites is 1. The molecule has 32 heavy (non-hydrogen) atoms. The molecule has 0 saturated carbocycles. The van der Waals surface area contributed by atoms with Crippen molar-refractivity contribution in [3.05, 3.63) is 41.7 Å². The van der Waals surface area contributed by atoms with E-state index in [9.17, 15) is 20.0 Å². The fourth-order valence-corrected chi connectivity index (χ4v) is 3.85. The number of likely N-dealkylation sites (tertiary alicyclic amines) is 1. The van der Waals surface area contributed by atoms with E-state index in [0.29, 0.717) is 17.0 Å². The highest BCUT2D eigenvalue weighted by molar-refractivity contribution is 5.90. The number of amides is 2. The molecule has 10 nitrogen and oxygen atoms in total. The molecule has 2 aromatic rings. The number of hydrogen-bond acceptors (Lipinski definition) is 7. The normalized spacial score (nSPS) is 19.3. The van der Waals surface area contributed by atoms with E-state index in [2.05, 4.69) is 21.7 Å². The summed E-state index contributed by atoms with van der Waals surface area (Å²) in [7, 11) is 1.51. The summed E-state index contributed by atoms with van der Waals surface area (Å²) < 4.78 is 7.19. The van der Waals surface area contributed by atoms with Crippen LogP contribution in [0, 0.1) is 16.7 Å². The Labute approximate surface area is 186 Å². The summed E-state index contributed by atoms with van der Waals surface area (Å²) in [4.78, 5) is 27.2. The highest BCUT2D eigenvalue weighted by Crippen LogP contribution is 2.34. The van der Waals surface area contributed by atoms with Crippen molar-refractivity contribution in [2.24, 2.45) is 5.41 Å². The third-order valence-electron chi connectivity index (χ3n) is 5.37. The van der Waals surface area contributed by atoms with Crippen molar-refractivity contribution >= 4 is 11.8 Å². The van der Waals surface area contributed by atoms with Crippen molar-refractivity contribution in [2.45, 2.75) is 52.0 Å². The maximum absolute atomic E-state index is 13.5. The maximum atomic E-state index is 13.5. The number of aliphatic hydroxyl groups is 1. The molecule has 1 aliphatic rings. The molecule has 0 bridgehead atoms. The molecule has 1 aromatic heterocycles. The molecular weight excluding hydrogens is 412 g/mol. The Kier molecular flexibility index (Phi) is 6.79. The predicted molar refractivity (Wildman–Crippen MR) is 114 cm³/mol. The van der Waals surface area contributed by atoms with Crippen molar-refractivity contribution in [3.63, 3.8) is 0 Å². The largest absolute Gasteiger partial charge is 0.486 e. The van der Waals surface area contributed by atoms with Crippen LogP contribution < -0.4 is 10.1 Å². The van der Waals surface area contributed by atoms with Gasteiger partial charge in [0.25, 0.3) is 0 Å². The SMILES string of the molecule is CNC(=O)[C@@H]1C[C@@H](O)CN1C(=O)[C@@H](n1cc(COc2ccccc2C#N)nn1)C(C)(C)C. The molecule has 0 spiro atoms. The van der Waals surface area contributed by atoms with Crippen LogP contribution in [0.1, 0.15) is 44.5 Å². The van der Waals surface area contributed by atoms with Gasteiger partial charge in [0.2, 0.25) is 11.8 Å². The summed E-state index contributed by atoms with van der Waals surface area (Å²) in [5, 5.41) is 30.1. The van der Waals surface area contributed by atoms with Crippen LogP contribution in [0.25, 0.3) is 0 Å². The summed E-state index contributed by atoms with van der Waals surface area (Å²) in [6, 6.07) is 7.48. The molecule has 0 aliphatic carbocycles. The highest BCUT2D eigenvalue weighted by atomic mass is 16.5. The number of benzene rings is 1. The van der Waals surface area contributed by atoms with Crippen LogP contribution in [0.3, 0.4) is 0 Å². The van der Waals surface area contributed by atoms with Crippen LogP contribution in [0.5, 0.6) is 5.75 Å². The molecule has 170 valence electrons. The Hall–Kier alpha value is -3.45. The summed E-state index contributed by atoms with van der Waals surface area (Å²) in [6.45, 7) is 5.86. The summed E-state index contributed by atoms with van der Waals surface area (Å²) in [5.74, 6) is -0.186. The lowest BCUT2D eigenvalue weighted by Gasteiger charge is -2.34. The zero-order chi connectivity index (χ0) is 23.5. The molecule has 0 radical (unpaired) electrons. The lowest BCUT2D eigenvalue weighted by atomic mass is 9.85. The van der Waals surface area contributed by atoms with E-state index in [1.807, 2.05) is 20.8 Å². The van der Waals surface area contributed by atoms with Gasteiger partial charge >= 0.3 is 0 Å². The van der Waals surface area contributed by atoms with Crippen LogP contribution in [0.2, 0.25) is 0 Å². The van der Waals surface area contributed by atoms with E-state index in [1.165, 1.54) is 16.6 Å². The number of aromatic nitrogens is 3. The topological polar surface area (TPSA) is 133 Å². The van der Waals surface area contributed by atoms with Crippen molar-refractivity contribution in [1.82, 2.24) is 25.2 Å². The van der Waals surface area contributed by atoms with Gasteiger partial charge in [-0.2, -0.15) is 5.26 Å². The quantitative estimate of drug-likeness (QED) is 0.685. The Morgan fingerprint density at radius 1 is 1.38 bits per heavy atom. The number of likely N-dealkylation sites (N-methyl/N-ethyl adjacent to an activating group) is 1. The Morgan fingerprint density at radius 2 is 2.09 bits per heavy atom. The van der Waals surface area contributed by atoms with E-state index in [0.717, 1.165) is 0 Å². The second kappa shape index (κ2) is 9.36. The zero-order valence-electron chi connectivity index (χ0n) is 18.6. The second-order valence-electron chi connectivity index (χ2n) is 8.87. The van der Waals surface area contributed by atoms with Crippen LogP contribution in [-0.2, 0) is 16.2 Å². The third-order valence-corrected chi connectivity index (χ3v) is 5.37. The number of aliphatic hydroxyl groups excluding tert-OH is 1. The van der Waals surface area contributed by atoms with Crippen molar-refractivity contribution < 1.29 is 19.4 Å². The summed E-state index contributed by atoms with van der Waals surface area (Å²) >= 11 is 0. The van der Waals surface area contributed by atoms with E-state index >= 15 is 0 Å². The molecule has 1 fully saturated rings. The number of ether oxygens (including phenoxy) is 1. The molecule has 2 amide bonds. The molecule has 1 aliphatic heterocycles. The molecule has 1 saturated heterocycles. The minimum Gasteiger partial charge on any atom is -0.486 e. The van der Waals surface area contributed by atoms with Gasteiger partial charge in [-0.05, 0) is 17.5 Å². The molecule has 0 unspecified atom stereocenters. The number of carbonyl (C=O) groups excluding carboxylic acids is 2. The second-order valence-corrected chi connectivity index (χ2v) is 8.87. The Balaban J connectivity index is 1.82. The number of nitrogens with one attached hydrogen (secondary N) is 1. The van der Waals surface area contributed by atoms with E-state index in [-0.39, 0.29) is 31.4 Å². The van der Waals surface area contributed by atoms with Crippen molar-refractivity contribution in [1.29, 1.82) is 5.26 Å². The first-order chi connectivity index (χ1) is 15.2. The minimum absolute atomic E-state index is 0.0764. The van der Waals surface area contributed by atoms with Gasteiger partial charge in [0.1, 0.15) is 36.2 Å². The smallest absolute Gasteiger partial charge is 0.248 e. The number of nitriles is 1. The van der Waals surface area contributed by atoms with Gasteiger partial charge in [-0.15, -0.1) is 5.10 Å². The number of β-amino-alcohol motifs (C(OH)–C–C–N with tert-alkyl or cyclic N) is 1. The lowest BCUT2D eigenvalue weighted by Crippen LogP contribution is -2.49. The van der Waals surface area contributed by atoms with Gasteiger partial charge in [-0.25, -0.2) is 4.68 Å². The van der Waals surface area contributed by atoms with E-state index < -0.39 is 23.6 Å². The Bertz CT molecular complexity index is 1020. The van der Waals surface area contributed by atoms with Gasteiger partial charge in [0.15, 0.2) is 0 Å².